The summed E-state index contributed by atoms with van der Waals surface area (Å²) in [5.74, 6) is -0.274. The minimum absolute atomic E-state index is 0.266. The molecule has 0 aliphatic carbocycles. The summed E-state index contributed by atoms with van der Waals surface area (Å²) >= 11 is 0. The van der Waals surface area contributed by atoms with Gasteiger partial charge in [-0.2, -0.15) is 0 Å². The van der Waals surface area contributed by atoms with Crippen LogP contribution in [-0.2, 0) is 23.7 Å². The number of ether oxygens (including phenoxy) is 4. The van der Waals surface area contributed by atoms with Crippen molar-refractivity contribution in [2.75, 3.05) is 19.8 Å². The van der Waals surface area contributed by atoms with Crippen molar-refractivity contribution in [1.82, 2.24) is 5.32 Å². The van der Waals surface area contributed by atoms with Gasteiger partial charge in [0.15, 0.2) is 12.6 Å². The molecular formula is C29H53NO13. The zero-order valence-electron chi connectivity index (χ0n) is 25.2. The van der Waals surface area contributed by atoms with Crippen molar-refractivity contribution in [1.29, 1.82) is 0 Å². The van der Waals surface area contributed by atoms with Gasteiger partial charge in [-0.3, -0.25) is 4.79 Å². The smallest absolute Gasteiger partial charge is 0.220 e. The van der Waals surface area contributed by atoms with Gasteiger partial charge in [-0.15, -0.1) is 0 Å². The van der Waals surface area contributed by atoms with E-state index in [0.29, 0.717) is 6.42 Å². The summed E-state index contributed by atoms with van der Waals surface area (Å²) in [6, 6.07) is -0.898. The number of carbonyl (C=O) groups is 1. The van der Waals surface area contributed by atoms with Crippen LogP contribution in [0.4, 0.5) is 0 Å². The van der Waals surface area contributed by atoms with Crippen LogP contribution >= 0.6 is 0 Å². The third-order valence-electron chi connectivity index (χ3n) is 7.72. The second-order valence-corrected chi connectivity index (χ2v) is 11.2. The summed E-state index contributed by atoms with van der Waals surface area (Å²) in [5.41, 5.74) is 0. The quantitative estimate of drug-likeness (QED) is 0.0595. The molecule has 0 aromatic carbocycles. The van der Waals surface area contributed by atoms with E-state index in [1.54, 1.807) is 6.08 Å². The first-order valence-electron chi connectivity index (χ1n) is 15.4. The summed E-state index contributed by atoms with van der Waals surface area (Å²) < 4.78 is 22.2. The number of rotatable bonds is 19. The van der Waals surface area contributed by atoms with Crippen molar-refractivity contribution < 1.29 is 64.6 Å². The summed E-state index contributed by atoms with van der Waals surface area (Å²) in [4.78, 5) is 12.5. The lowest BCUT2D eigenvalue weighted by Gasteiger charge is -2.46. The minimum Gasteiger partial charge on any atom is -0.394 e. The number of hydrogen-bond donors (Lipinski definition) is 9. The fourth-order valence-corrected chi connectivity index (χ4v) is 4.99. The van der Waals surface area contributed by atoms with Crippen molar-refractivity contribution in [2.45, 2.75) is 145 Å². The highest BCUT2D eigenvalue weighted by atomic mass is 16.7. The van der Waals surface area contributed by atoms with Crippen molar-refractivity contribution in [3.05, 3.63) is 12.2 Å². The average Bonchev–Trinajstić information content (AvgIpc) is 3.00. The maximum absolute atomic E-state index is 12.5. The summed E-state index contributed by atoms with van der Waals surface area (Å²) in [6.45, 7) is 2.42. The van der Waals surface area contributed by atoms with Crippen LogP contribution in [-0.4, -0.2) is 140 Å². The average molecular weight is 624 g/mol. The van der Waals surface area contributed by atoms with E-state index in [1.165, 1.54) is 0 Å². The van der Waals surface area contributed by atoms with Crippen molar-refractivity contribution in [3.8, 4) is 0 Å². The van der Waals surface area contributed by atoms with E-state index in [0.717, 1.165) is 44.9 Å². The molecule has 2 aliphatic rings. The number of allylic oxidation sites excluding steroid dienone is 1. The van der Waals surface area contributed by atoms with Crippen LogP contribution in [0.1, 0.15) is 71.6 Å². The Morgan fingerprint density at radius 3 is 2.09 bits per heavy atom. The third kappa shape index (κ3) is 11.6. The molecule has 0 radical (unpaired) electrons. The number of hydrogen-bond acceptors (Lipinski definition) is 13. The zero-order valence-corrected chi connectivity index (χ0v) is 25.2. The molecule has 0 aromatic rings. The highest BCUT2D eigenvalue weighted by Gasteiger charge is 2.50. The van der Waals surface area contributed by atoms with Gasteiger partial charge in [-0.1, -0.05) is 58.1 Å². The van der Waals surface area contributed by atoms with Crippen molar-refractivity contribution in [3.63, 3.8) is 0 Å². The molecule has 2 fully saturated rings. The summed E-state index contributed by atoms with van der Waals surface area (Å²) in [6.07, 6.45) is -5.68. The Hall–Kier alpha value is -1.27. The molecule has 0 bridgehead atoms. The van der Waals surface area contributed by atoms with Gasteiger partial charge in [-0.25, -0.2) is 0 Å². The first kappa shape index (κ1) is 37.9. The van der Waals surface area contributed by atoms with Crippen LogP contribution in [0.5, 0.6) is 0 Å². The lowest BCUT2D eigenvalue weighted by molar-refractivity contribution is -0.359. The van der Waals surface area contributed by atoms with Crippen LogP contribution in [0.15, 0.2) is 12.2 Å². The number of amides is 1. The normalized spacial score (nSPS) is 34.7. The molecular weight excluding hydrogens is 570 g/mol. The Labute approximate surface area is 253 Å². The van der Waals surface area contributed by atoms with E-state index in [1.807, 2.05) is 13.0 Å². The lowest BCUT2D eigenvalue weighted by Crippen LogP contribution is -2.65. The van der Waals surface area contributed by atoms with E-state index in [-0.39, 0.29) is 18.9 Å². The molecule has 2 aliphatic heterocycles. The Balaban J connectivity index is 2.05. The first-order chi connectivity index (χ1) is 20.6. The second-order valence-electron chi connectivity index (χ2n) is 11.2. The monoisotopic (exact) mass is 623 g/mol. The minimum atomic E-state index is -1.78. The fourth-order valence-electron chi connectivity index (χ4n) is 4.99. The fraction of sp³-hybridized carbons (Fsp3) is 0.897. The molecule has 0 aromatic heterocycles. The largest absolute Gasteiger partial charge is 0.394 e. The van der Waals surface area contributed by atoms with Gasteiger partial charge in [0.05, 0.1) is 32.0 Å². The van der Waals surface area contributed by atoms with E-state index < -0.39 is 86.8 Å². The topological polar surface area (TPSA) is 228 Å². The first-order valence-corrected chi connectivity index (χ1v) is 15.4. The Morgan fingerprint density at radius 2 is 1.44 bits per heavy atom. The van der Waals surface area contributed by atoms with Crippen molar-refractivity contribution in [2.24, 2.45) is 0 Å². The predicted molar refractivity (Wildman–Crippen MR) is 152 cm³/mol. The maximum Gasteiger partial charge on any atom is 0.220 e. The van der Waals surface area contributed by atoms with Gasteiger partial charge in [0.25, 0.3) is 0 Å². The van der Waals surface area contributed by atoms with Crippen LogP contribution in [0.3, 0.4) is 0 Å². The van der Waals surface area contributed by atoms with Gasteiger partial charge >= 0.3 is 0 Å². The second kappa shape index (κ2) is 20.0. The molecule has 14 heteroatoms. The highest BCUT2D eigenvalue weighted by molar-refractivity contribution is 5.76. The Morgan fingerprint density at radius 1 is 0.814 bits per heavy atom. The van der Waals surface area contributed by atoms with Gasteiger partial charge in [-0.05, 0) is 19.3 Å². The van der Waals surface area contributed by atoms with Gasteiger partial charge in [0.2, 0.25) is 5.91 Å². The molecule has 1 amide bonds. The molecule has 2 heterocycles. The number of aliphatic hydroxyl groups excluding tert-OH is 8. The SMILES string of the molecule is CCCCCC/C=C/C(O)C(COC1OC(CO)C(OC2OC(CO)C(O)C(O)C2O)C(O)C1O)NC(=O)CCCCC. The number of aliphatic hydroxyl groups is 8. The van der Waals surface area contributed by atoms with Crippen molar-refractivity contribution >= 4 is 5.91 Å². The molecule has 43 heavy (non-hydrogen) atoms. The Bertz CT molecular complexity index is 800. The maximum atomic E-state index is 12.5. The molecule has 252 valence electrons. The zero-order chi connectivity index (χ0) is 31.9. The molecule has 12 atom stereocenters. The standard InChI is InChI=1S/C29H53NO13/c1-3-5-7-8-9-11-12-18(33)17(30-21(34)13-10-6-4-2)16-40-28-26(39)24(37)27(20(15-32)42-28)43-29-25(38)23(36)22(35)19(14-31)41-29/h11-12,17-20,22-29,31-33,35-39H,3-10,13-16H2,1-2H3,(H,30,34)/b12-11+. The van der Waals surface area contributed by atoms with E-state index in [9.17, 15) is 45.6 Å². The third-order valence-corrected chi connectivity index (χ3v) is 7.72. The lowest BCUT2D eigenvalue weighted by atomic mass is 9.97. The van der Waals surface area contributed by atoms with Gasteiger partial charge in [0.1, 0.15) is 48.8 Å². The molecule has 9 N–H and O–H groups in total. The Kier molecular flexibility index (Phi) is 17.6. The molecule has 0 spiro atoms. The highest BCUT2D eigenvalue weighted by Crippen LogP contribution is 2.29. The van der Waals surface area contributed by atoms with E-state index >= 15 is 0 Å². The van der Waals surface area contributed by atoms with E-state index in [2.05, 4.69) is 12.2 Å². The van der Waals surface area contributed by atoms with Crippen LogP contribution in [0.25, 0.3) is 0 Å². The molecule has 2 saturated heterocycles. The van der Waals surface area contributed by atoms with Crippen LogP contribution < -0.4 is 5.32 Å². The van der Waals surface area contributed by atoms with Crippen LogP contribution in [0.2, 0.25) is 0 Å². The van der Waals surface area contributed by atoms with Crippen LogP contribution in [0, 0.1) is 0 Å². The van der Waals surface area contributed by atoms with Gasteiger partial charge in [0, 0.05) is 6.42 Å². The molecule has 12 unspecified atom stereocenters. The van der Waals surface area contributed by atoms with E-state index in [4.69, 9.17) is 18.9 Å². The number of unbranched alkanes of at least 4 members (excludes halogenated alkanes) is 6. The predicted octanol–water partition coefficient (Wildman–Crippen LogP) is -1.42. The molecule has 0 saturated carbocycles. The summed E-state index contributed by atoms with van der Waals surface area (Å²) in [7, 11) is 0. The molecule has 2 rings (SSSR count). The number of carbonyl (C=O) groups excluding carboxylic acids is 1. The summed E-state index contributed by atoms with van der Waals surface area (Å²) in [5, 5.41) is 84.8. The number of nitrogens with one attached hydrogen (secondary N) is 1. The van der Waals surface area contributed by atoms with Gasteiger partial charge < -0.3 is 65.1 Å². The molecule has 14 nitrogen and oxygen atoms in total.